The van der Waals surface area contributed by atoms with Crippen LogP contribution in [0.3, 0.4) is 0 Å². The highest BCUT2D eigenvalue weighted by Gasteiger charge is 2.15. The Hall–Kier alpha value is -1.95. The summed E-state index contributed by atoms with van der Waals surface area (Å²) in [6.07, 6.45) is 1.58. The minimum absolute atomic E-state index is 0.383. The lowest BCUT2D eigenvalue weighted by atomic mass is 10.3. The molecule has 1 aromatic carbocycles. The number of nitrogens with two attached hydrogens (primary N) is 1. The third-order valence-corrected chi connectivity index (χ3v) is 3.34. The number of para-hydroxylation sites is 2. The van der Waals surface area contributed by atoms with Crippen molar-refractivity contribution in [2.45, 2.75) is 13.5 Å². The molecule has 0 fully saturated rings. The normalized spacial score (nSPS) is 11.1. The Labute approximate surface area is 118 Å². The van der Waals surface area contributed by atoms with Crippen LogP contribution in [-0.2, 0) is 6.54 Å². The van der Waals surface area contributed by atoms with Crippen LogP contribution in [0.5, 0.6) is 0 Å². The lowest BCUT2D eigenvalue weighted by Gasteiger charge is -2.07. The number of hydrogen-bond acceptors (Lipinski definition) is 4. The molecule has 3 rings (SSSR count). The van der Waals surface area contributed by atoms with Crippen LogP contribution >= 0.6 is 15.9 Å². The third-order valence-electron chi connectivity index (χ3n) is 2.95. The van der Waals surface area contributed by atoms with Crippen molar-refractivity contribution in [1.82, 2.24) is 19.5 Å². The van der Waals surface area contributed by atoms with Gasteiger partial charge in [0.15, 0.2) is 11.6 Å². The van der Waals surface area contributed by atoms with Crippen LogP contribution in [-0.4, -0.2) is 19.5 Å². The van der Waals surface area contributed by atoms with Crippen molar-refractivity contribution in [1.29, 1.82) is 0 Å². The van der Waals surface area contributed by atoms with Gasteiger partial charge in [0.1, 0.15) is 10.3 Å². The van der Waals surface area contributed by atoms with Crippen molar-refractivity contribution >= 4 is 32.8 Å². The number of nitrogen functional groups attached to an aromatic ring is 1. The van der Waals surface area contributed by atoms with Crippen LogP contribution < -0.4 is 5.73 Å². The van der Waals surface area contributed by atoms with Crippen molar-refractivity contribution in [3.63, 3.8) is 0 Å². The first-order valence-electron chi connectivity index (χ1n) is 5.94. The maximum Gasteiger partial charge on any atom is 0.163 e. The Morgan fingerprint density at radius 3 is 2.84 bits per heavy atom. The molecule has 0 unspecified atom stereocenters. The molecule has 0 amide bonds. The van der Waals surface area contributed by atoms with E-state index in [-0.39, 0.29) is 0 Å². The van der Waals surface area contributed by atoms with Crippen molar-refractivity contribution in [3.05, 3.63) is 35.1 Å². The predicted molar refractivity (Wildman–Crippen MR) is 78.5 cm³/mol. The van der Waals surface area contributed by atoms with Gasteiger partial charge in [-0.15, -0.1) is 0 Å². The molecule has 0 aliphatic heterocycles. The van der Waals surface area contributed by atoms with E-state index in [9.17, 15) is 0 Å². The lowest BCUT2D eigenvalue weighted by Crippen LogP contribution is -2.03. The molecule has 0 saturated carbocycles. The topological polar surface area (TPSA) is 69.6 Å². The van der Waals surface area contributed by atoms with Crippen LogP contribution in [0.1, 0.15) is 6.92 Å². The Morgan fingerprint density at radius 1 is 1.26 bits per heavy atom. The standard InChI is InChI=1S/C13H12BrN5/c1-2-19-9-6-4-3-5-8(9)17-13(19)11-12(15)16-7-10(14)18-11/h3-7H,2H2,1H3,(H2,15,16). The van der Waals surface area contributed by atoms with Crippen LogP contribution in [0.4, 0.5) is 5.82 Å². The van der Waals surface area contributed by atoms with E-state index in [2.05, 4.69) is 42.4 Å². The first-order chi connectivity index (χ1) is 9.20. The third kappa shape index (κ3) is 1.98. The number of rotatable bonds is 2. The average Bonchev–Trinajstić information content (AvgIpc) is 2.79. The summed E-state index contributed by atoms with van der Waals surface area (Å²) in [5, 5.41) is 0. The Balaban J connectivity index is 2.33. The summed E-state index contributed by atoms with van der Waals surface area (Å²) in [5.41, 5.74) is 8.52. The van der Waals surface area contributed by atoms with Crippen LogP contribution in [0.2, 0.25) is 0 Å². The number of aryl methyl sites for hydroxylation is 1. The fourth-order valence-electron chi connectivity index (χ4n) is 2.12. The zero-order valence-electron chi connectivity index (χ0n) is 10.3. The molecule has 0 bridgehead atoms. The largest absolute Gasteiger partial charge is 0.382 e. The molecule has 0 aliphatic carbocycles. The fraction of sp³-hybridized carbons (Fsp3) is 0.154. The number of benzene rings is 1. The van der Waals surface area contributed by atoms with Gasteiger partial charge in [-0.05, 0) is 35.0 Å². The number of halogens is 1. The highest BCUT2D eigenvalue weighted by Crippen LogP contribution is 2.27. The molecule has 0 aliphatic rings. The Morgan fingerprint density at radius 2 is 2.05 bits per heavy atom. The van der Waals surface area contributed by atoms with Crippen molar-refractivity contribution in [2.75, 3.05) is 5.73 Å². The van der Waals surface area contributed by atoms with E-state index in [0.29, 0.717) is 16.1 Å². The van der Waals surface area contributed by atoms with E-state index < -0.39 is 0 Å². The second-order valence-corrected chi connectivity index (χ2v) is 4.91. The van der Waals surface area contributed by atoms with Gasteiger partial charge >= 0.3 is 0 Å². The molecule has 3 aromatic rings. The number of anilines is 1. The number of aromatic nitrogens is 4. The van der Waals surface area contributed by atoms with E-state index in [1.54, 1.807) is 6.20 Å². The molecule has 0 atom stereocenters. The first-order valence-corrected chi connectivity index (χ1v) is 6.73. The van der Waals surface area contributed by atoms with Crippen LogP contribution in [0.15, 0.2) is 35.1 Å². The number of imidazole rings is 1. The fourth-order valence-corrected chi connectivity index (χ4v) is 2.40. The van der Waals surface area contributed by atoms with Crippen molar-refractivity contribution in [3.8, 4) is 11.5 Å². The molecule has 0 radical (unpaired) electrons. The maximum absolute atomic E-state index is 5.92. The molecule has 2 N–H and O–H groups in total. The summed E-state index contributed by atoms with van der Waals surface area (Å²) in [6.45, 7) is 2.86. The highest BCUT2D eigenvalue weighted by atomic mass is 79.9. The molecular formula is C13H12BrN5. The van der Waals surface area contributed by atoms with Gasteiger partial charge in [0, 0.05) is 6.54 Å². The molecular weight excluding hydrogens is 306 g/mol. The smallest absolute Gasteiger partial charge is 0.163 e. The van der Waals surface area contributed by atoms with Crippen LogP contribution in [0.25, 0.3) is 22.6 Å². The summed E-state index contributed by atoms with van der Waals surface area (Å²) in [5.74, 6) is 1.13. The van der Waals surface area contributed by atoms with Gasteiger partial charge in [-0.25, -0.2) is 15.0 Å². The quantitative estimate of drug-likeness (QED) is 0.789. The van der Waals surface area contributed by atoms with E-state index in [0.717, 1.165) is 23.4 Å². The van der Waals surface area contributed by atoms with Gasteiger partial charge in [0.2, 0.25) is 0 Å². The van der Waals surface area contributed by atoms with Crippen molar-refractivity contribution in [2.24, 2.45) is 0 Å². The monoisotopic (exact) mass is 317 g/mol. The van der Waals surface area contributed by atoms with Gasteiger partial charge in [0.25, 0.3) is 0 Å². The van der Waals surface area contributed by atoms with Gasteiger partial charge in [0.05, 0.1) is 17.2 Å². The van der Waals surface area contributed by atoms with Gasteiger partial charge in [-0.1, -0.05) is 12.1 Å². The van der Waals surface area contributed by atoms with Gasteiger partial charge in [-0.2, -0.15) is 0 Å². The van der Waals surface area contributed by atoms with Crippen LogP contribution in [0, 0.1) is 0 Å². The molecule has 6 heteroatoms. The zero-order chi connectivity index (χ0) is 13.4. The summed E-state index contributed by atoms with van der Waals surface area (Å²) >= 11 is 3.32. The summed E-state index contributed by atoms with van der Waals surface area (Å²) in [7, 11) is 0. The highest BCUT2D eigenvalue weighted by molar-refractivity contribution is 9.10. The Kier molecular flexibility index (Phi) is 2.94. The molecule has 5 nitrogen and oxygen atoms in total. The maximum atomic E-state index is 5.92. The first kappa shape index (κ1) is 12.1. The molecule has 0 spiro atoms. The second kappa shape index (κ2) is 4.62. The number of nitrogens with zero attached hydrogens (tertiary/aromatic N) is 4. The number of hydrogen-bond donors (Lipinski definition) is 1. The van der Waals surface area contributed by atoms with Gasteiger partial charge in [-0.3, -0.25) is 0 Å². The molecule has 19 heavy (non-hydrogen) atoms. The summed E-state index contributed by atoms with van der Waals surface area (Å²) in [4.78, 5) is 13.1. The van der Waals surface area contributed by atoms with E-state index in [4.69, 9.17) is 5.73 Å². The van der Waals surface area contributed by atoms with E-state index >= 15 is 0 Å². The zero-order valence-corrected chi connectivity index (χ0v) is 11.9. The van der Waals surface area contributed by atoms with Crippen molar-refractivity contribution < 1.29 is 0 Å². The molecule has 96 valence electrons. The number of fused-ring (bicyclic) bond motifs is 1. The second-order valence-electron chi connectivity index (χ2n) is 4.09. The van der Waals surface area contributed by atoms with E-state index in [1.165, 1.54) is 0 Å². The van der Waals surface area contributed by atoms with Gasteiger partial charge < -0.3 is 10.3 Å². The van der Waals surface area contributed by atoms with E-state index in [1.807, 2.05) is 24.3 Å². The minimum Gasteiger partial charge on any atom is -0.382 e. The summed E-state index contributed by atoms with van der Waals surface area (Å²) < 4.78 is 2.73. The molecule has 2 aromatic heterocycles. The molecule has 2 heterocycles. The summed E-state index contributed by atoms with van der Waals surface area (Å²) in [6, 6.07) is 7.98. The minimum atomic E-state index is 0.383. The Bertz CT molecular complexity index is 750. The molecule has 0 saturated heterocycles. The predicted octanol–water partition coefficient (Wildman–Crippen LogP) is 2.86. The SMILES string of the molecule is CCn1c(-c2nc(Br)cnc2N)nc2ccccc21. The average molecular weight is 318 g/mol. The lowest BCUT2D eigenvalue weighted by molar-refractivity contribution is 0.792.